The lowest BCUT2D eigenvalue weighted by Gasteiger charge is -2.27. The number of ether oxygens (including phenoxy) is 3. The third-order valence-corrected chi connectivity index (χ3v) is 6.20. The number of fused-ring (bicyclic) bond motifs is 3. The monoisotopic (exact) mass is 500 g/mol. The molecule has 0 aromatic heterocycles. The number of benzene rings is 2. The van der Waals surface area contributed by atoms with Crippen LogP contribution in [0.15, 0.2) is 24.0 Å². The minimum atomic E-state index is -4.04. The molecule has 2 aromatic rings. The van der Waals surface area contributed by atoms with Crippen molar-refractivity contribution in [1.82, 2.24) is 0 Å². The molecule has 0 radical (unpaired) electrons. The number of hydrogen-bond acceptors (Lipinski definition) is 3. The van der Waals surface area contributed by atoms with Gasteiger partial charge in [0.05, 0.1) is 13.2 Å². The molecule has 35 heavy (non-hydrogen) atoms. The Kier molecular flexibility index (Phi) is 7.24. The van der Waals surface area contributed by atoms with Crippen molar-refractivity contribution in [2.75, 3.05) is 13.2 Å². The molecule has 1 heterocycles. The Morgan fingerprint density at radius 2 is 1.54 bits per heavy atom. The Morgan fingerprint density at radius 3 is 2.11 bits per heavy atom. The number of unbranched alkanes of at least 4 members (excludes halogenated alkanes) is 1. The Labute approximate surface area is 199 Å². The largest absolute Gasteiger partial charge is 0.490 e. The minimum absolute atomic E-state index is 0.00573. The number of hydrogen-bond donors (Lipinski definition) is 0. The molecule has 0 fully saturated rings. The van der Waals surface area contributed by atoms with E-state index < -0.39 is 52.0 Å². The van der Waals surface area contributed by atoms with E-state index in [0.717, 1.165) is 25.3 Å². The smallest absolute Gasteiger partial charge is 0.459 e. The molecular formula is C26H26F6O3. The first-order valence-corrected chi connectivity index (χ1v) is 11.7. The third-order valence-electron chi connectivity index (χ3n) is 6.20. The van der Waals surface area contributed by atoms with E-state index in [1.807, 2.05) is 6.92 Å². The number of rotatable bonds is 9. The summed E-state index contributed by atoms with van der Waals surface area (Å²) in [6.45, 7) is 4.02. The summed E-state index contributed by atoms with van der Waals surface area (Å²) in [4.78, 5) is 0. The Balaban J connectivity index is 1.61. The van der Waals surface area contributed by atoms with Gasteiger partial charge in [0.15, 0.2) is 23.1 Å². The molecule has 0 spiro atoms. The van der Waals surface area contributed by atoms with Crippen LogP contribution in [0.2, 0.25) is 0 Å². The summed E-state index contributed by atoms with van der Waals surface area (Å²) in [5.74, 6) is -8.08. The predicted molar refractivity (Wildman–Crippen MR) is 118 cm³/mol. The maximum Gasteiger partial charge on any atom is 0.459 e. The van der Waals surface area contributed by atoms with Gasteiger partial charge < -0.3 is 14.2 Å². The summed E-state index contributed by atoms with van der Waals surface area (Å²) in [5.41, 5.74) is -0.816. The lowest BCUT2D eigenvalue weighted by atomic mass is 9.97. The number of alkyl halides is 2. The van der Waals surface area contributed by atoms with Crippen LogP contribution in [-0.2, 0) is 11.2 Å². The summed E-state index contributed by atoms with van der Waals surface area (Å²) in [7, 11) is 0. The molecule has 0 amide bonds. The fourth-order valence-electron chi connectivity index (χ4n) is 4.41. The Morgan fingerprint density at radius 1 is 0.914 bits per heavy atom. The van der Waals surface area contributed by atoms with Crippen LogP contribution in [0.3, 0.4) is 0 Å². The number of halogens is 6. The van der Waals surface area contributed by atoms with Crippen molar-refractivity contribution < 1.29 is 40.6 Å². The first kappa shape index (κ1) is 25.3. The van der Waals surface area contributed by atoms with Crippen LogP contribution in [0.1, 0.15) is 57.1 Å². The van der Waals surface area contributed by atoms with Gasteiger partial charge >= 0.3 is 6.11 Å². The molecular weight excluding hydrogens is 474 g/mol. The van der Waals surface area contributed by atoms with Crippen molar-refractivity contribution in [3.63, 3.8) is 0 Å². The second kappa shape index (κ2) is 10.0. The SMILES string of the molecule is CCCCC1CC=C(C(F)(F)Oc2cc3c(c(F)c2F)-c2c(cc(OCCC)c(F)c2F)C3)OC1. The highest BCUT2D eigenvalue weighted by atomic mass is 19.3. The van der Waals surface area contributed by atoms with Gasteiger partial charge in [-0.3, -0.25) is 0 Å². The van der Waals surface area contributed by atoms with Crippen LogP contribution in [-0.4, -0.2) is 19.3 Å². The van der Waals surface area contributed by atoms with Crippen molar-refractivity contribution in [3.05, 3.63) is 58.4 Å². The van der Waals surface area contributed by atoms with Crippen LogP contribution < -0.4 is 9.47 Å². The summed E-state index contributed by atoms with van der Waals surface area (Å²) >= 11 is 0. The zero-order chi connectivity index (χ0) is 25.3. The summed E-state index contributed by atoms with van der Waals surface area (Å²) in [6, 6.07) is 2.10. The van der Waals surface area contributed by atoms with Gasteiger partial charge in [-0.1, -0.05) is 26.7 Å². The standard InChI is InChI=1S/C26H26F6O3/c1-3-5-6-14-7-8-19(34-13-14)26(31,32)35-18-12-16-10-15-11-17(33-9-4-2)22(27)24(29)20(15)21(16)25(30)23(18)28/h8,11-12,14H,3-7,9-10,13H2,1-2H3. The van der Waals surface area contributed by atoms with E-state index in [9.17, 15) is 26.3 Å². The van der Waals surface area contributed by atoms with Crippen LogP contribution in [0, 0.1) is 29.2 Å². The second-order valence-electron chi connectivity index (χ2n) is 8.84. The summed E-state index contributed by atoms with van der Waals surface area (Å²) in [6.07, 6.45) is 0.691. The van der Waals surface area contributed by atoms with Crippen molar-refractivity contribution in [1.29, 1.82) is 0 Å². The molecule has 4 rings (SSSR count). The second-order valence-corrected chi connectivity index (χ2v) is 8.84. The molecule has 0 N–H and O–H groups in total. The van der Waals surface area contributed by atoms with Gasteiger partial charge in [0, 0.05) is 11.1 Å². The van der Waals surface area contributed by atoms with Crippen molar-refractivity contribution >= 4 is 0 Å². The zero-order valence-electron chi connectivity index (χ0n) is 19.5. The molecule has 1 unspecified atom stereocenters. The van der Waals surface area contributed by atoms with Crippen molar-refractivity contribution in [2.24, 2.45) is 5.92 Å². The summed E-state index contributed by atoms with van der Waals surface area (Å²) in [5, 5.41) is 0. The van der Waals surface area contributed by atoms with E-state index in [-0.39, 0.29) is 42.4 Å². The topological polar surface area (TPSA) is 27.7 Å². The Hall–Kier alpha value is -2.84. The quantitative estimate of drug-likeness (QED) is 0.282. The molecule has 1 aliphatic carbocycles. The highest BCUT2D eigenvalue weighted by molar-refractivity contribution is 5.79. The van der Waals surface area contributed by atoms with Crippen molar-refractivity contribution in [3.8, 4) is 22.6 Å². The van der Waals surface area contributed by atoms with Gasteiger partial charge in [-0.15, -0.1) is 0 Å². The minimum Gasteiger partial charge on any atom is -0.490 e. The Bertz CT molecular complexity index is 1140. The lowest BCUT2D eigenvalue weighted by Crippen LogP contribution is -2.32. The van der Waals surface area contributed by atoms with Crippen LogP contribution >= 0.6 is 0 Å². The van der Waals surface area contributed by atoms with Gasteiger partial charge in [-0.25, -0.2) is 8.78 Å². The van der Waals surface area contributed by atoms with E-state index in [1.165, 1.54) is 12.1 Å². The molecule has 0 bridgehead atoms. The predicted octanol–water partition coefficient (Wildman–Crippen LogP) is 7.69. The maximum absolute atomic E-state index is 15.0. The summed E-state index contributed by atoms with van der Waals surface area (Å²) < 4.78 is 103. The van der Waals surface area contributed by atoms with Gasteiger partial charge in [-0.05, 0) is 60.9 Å². The van der Waals surface area contributed by atoms with Gasteiger partial charge in [0.25, 0.3) is 0 Å². The van der Waals surface area contributed by atoms with E-state index in [4.69, 9.17) is 9.47 Å². The molecule has 1 atom stereocenters. The third kappa shape index (κ3) is 4.82. The van der Waals surface area contributed by atoms with Gasteiger partial charge in [-0.2, -0.15) is 17.6 Å². The maximum atomic E-state index is 15.0. The highest BCUT2D eigenvalue weighted by Gasteiger charge is 2.43. The molecule has 190 valence electrons. The molecule has 1 aliphatic heterocycles. The first-order chi connectivity index (χ1) is 16.7. The van der Waals surface area contributed by atoms with E-state index in [2.05, 4.69) is 4.74 Å². The van der Waals surface area contributed by atoms with Crippen molar-refractivity contribution in [2.45, 2.75) is 58.5 Å². The molecule has 3 nitrogen and oxygen atoms in total. The molecule has 2 aromatic carbocycles. The molecule has 0 saturated carbocycles. The zero-order valence-corrected chi connectivity index (χ0v) is 19.5. The van der Waals surface area contributed by atoms with Crippen LogP contribution in [0.5, 0.6) is 11.5 Å². The number of allylic oxidation sites excluding steroid dienone is 1. The highest BCUT2D eigenvalue weighted by Crippen LogP contribution is 2.46. The first-order valence-electron chi connectivity index (χ1n) is 11.7. The normalized spacial score (nSPS) is 16.9. The molecule has 0 saturated heterocycles. The van der Waals surface area contributed by atoms with E-state index in [0.29, 0.717) is 12.8 Å². The van der Waals surface area contributed by atoms with Gasteiger partial charge in [0.1, 0.15) is 0 Å². The fraction of sp³-hybridized carbons (Fsp3) is 0.462. The van der Waals surface area contributed by atoms with E-state index >= 15 is 0 Å². The lowest BCUT2D eigenvalue weighted by molar-refractivity contribution is -0.179. The molecule has 2 aliphatic rings. The fourth-order valence-corrected chi connectivity index (χ4v) is 4.41. The average Bonchev–Trinajstić information content (AvgIpc) is 3.20. The van der Waals surface area contributed by atoms with Crippen LogP contribution in [0.4, 0.5) is 26.3 Å². The molecule has 9 heteroatoms. The van der Waals surface area contributed by atoms with Crippen LogP contribution in [0.25, 0.3) is 11.1 Å². The average molecular weight is 500 g/mol. The van der Waals surface area contributed by atoms with Gasteiger partial charge in [0.2, 0.25) is 17.4 Å². The van der Waals surface area contributed by atoms with E-state index in [1.54, 1.807) is 6.92 Å².